The van der Waals surface area contributed by atoms with E-state index < -0.39 is 0 Å². The molecule has 0 aromatic heterocycles. The van der Waals surface area contributed by atoms with E-state index in [0.29, 0.717) is 11.3 Å². The van der Waals surface area contributed by atoms with Gasteiger partial charge >= 0.3 is 0 Å². The summed E-state index contributed by atoms with van der Waals surface area (Å²) in [5, 5.41) is 3.95. The van der Waals surface area contributed by atoms with E-state index in [1.165, 1.54) is 0 Å². The van der Waals surface area contributed by atoms with Crippen molar-refractivity contribution in [2.45, 2.75) is 0 Å². The molecular weight excluding hydrogens is 264 g/mol. The topological polar surface area (TPSA) is 70.7 Å². The van der Waals surface area contributed by atoms with E-state index in [2.05, 4.69) is 10.5 Å². The van der Waals surface area contributed by atoms with Crippen LogP contribution in [-0.4, -0.2) is 26.2 Å². The van der Waals surface area contributed by atoms with Crippen molar-refractivity contribution in [1.29, 1.82) is 0 Å². The Morgan fingerprint density at radius 2 is 1.71 bits per heavy atom. The summed E-state index contributed by atoms with van der Waals surface area (Å²) >= 11 is 0. The maximum absolute atomic E-state index is 11.8. The lowest BCUT2D eigenvalue weighted by Crippen LogP contribution is -2.17. The van der Waals surface area contributed by atoms with Crippen molar-refractivity contribution in [2.75, 3.05) is 24.7 Å². The summed E-state index contributed by atoms with van der Waals surface area (Å²) in [4.78, 5) is 13.8. The van der Waals surface area contributed by atoms with Crippen LogP contribution in [0.5, 0.6) is 0 Å². The van der Waals surface area contributed by atoms with E-state index in [1.54, 1.807) is 30.5 Å². The van der Waals surface area contributed by atoms with Gasteiger partial charge in [-0.3, -0.25) is 4.79 Å². The molecule has 0 saturated heterocycles. The van der Waals surface area contributed by atoms with E-state index in [1.807, 2.05) is 43.3 Å². The van der Waals surface area contributed by atoms with Crippen LogP contribution in [0.15, 0.2) is 53.6 Å². The average molecular weight is 282 g/mol. The van der Waals surface area contributed by atoms with Crippen molar-refractivity contribution in [2.24, 2.45) is 5.10 Å². The van der Waals surface area contributed by atoms with Crippen molar-refractivity contribution >= 4 is 23.5 Å². The monoisotopic (exact) mass is 282 g/mol. The number of amides is 1. The van der Waals surface area contributed by atoms with Crippen LogP contribution in [0.4, 0.5) is 11.4 Å². The van der Waals surface area contributed by atoms with Crippen molar-refractivity contribution in [3.8, 4) is 0 Å². The maximum atomic E-state index is 11.8. The summed E-state index contributed by atoms with van der Waals surface area (Å²) in [6.45, 7) is 0. The Bertz CT molecular complexity index is 630. The molecule has 108 valence electrons. The number of hydrogen-bond donors (Lipinski definition) is 2. The quantitative estimate of drug-likeness (QED) is 0.512. The Labute approximate surface area is 124 Å². The molecule has 0 bridgehead atoms. The largest absolute Gasteiger partial charge is 0.399 e. The summed E-state index contributed by atoms with van der Waals surface area (Å²) in [5.74, 6) is -0.267. The number of rotatable bonds is 4. The first-order valence-electron chi connectivity index (χ1n) is 6.52. The standard InChI is InChI=1S/C16H18N4O/c1-20(2)15-9-3-12(4-10-15)11-18-19-16(21)13-5-7-14(17)8-6-13/h3-11H,17H2,1-2H3,(H,19,21)/b18-11-. The molecule has 0 aliphatic carbocycles. The number of carbonyl (C=O) groups excluding carboxylic acids is 1. The minimum Gasteiger partial charge on any atom is -0.399 e. The van der Waals surface area contributed by atoms with Gasteiger partial charge in [0.2, 0.25) is 0 Å². The second-order valence-electron chi connectivity index (χ2n) is 4.81. The van der Waals surface area contributed by atoms with Gasteiger partial charge in [-0.25, -0.2) is 5.43 Å². The molecule has 2 aromatic rings. The Kier molecular flexibility index (Phi) is 4.56. The summed E-state index contributed by atoms with van der Waals surface area (Å²) in [5.41, 5.74) is 11.2. The minimum atomic E-state index is -0.267. The molecule has 3 N–H and O–H groups in total. The molecule has 2 rings (SSSR count). The Hall–Kier alpha value is -2.82. The van der Waals surface area contributed by atoms with Crippen molar-refractivity contribution < 1.29 is 4.79 Å². The Morgan fingerprint density at radius 3 is 2.29 bits per heavy atom. The van der Waals surface area contributed by atoms with Crippen LogP contribution in [0.2, 0.25) is 0 Å². The second-order valence-corrected chi connectivity index (χ2v) is 4.81. The van der Waals surface area contributed by atoms with Gasteiger partial charge in [0.1, 0.15) is 0 Å². The van der Waals surface area contributed by atoms with Gasteiger partial charge in [-0.2, -0.15) is 5.10 Å². The lowest BCUT2D eigenvalue weighted by atomic mass is 10.2. The molecule has 0 aliphatic rings. The van der Waals surface area contributed by atoms with E-state index in [0.717, 1.165) is 11.3 Å². The molecule has 0 spiro atoms. The van der Waals surface area contributed by atoms with Gasteiger partial charge in [0.05, 0.1) is 6.21 Å². The average Bonchev–Trinajstić information content (AvgIpc) is 2.48. The normalized spacial score (nSPS) is 10.6. The highest BCUT2D eigenvalue weighted by molar-refractivity contribution is 5.95. The molecule has 2 aromatic carbocycles. The minimum absolute atomic E-state index is 0.267. The fraction of sp³-hybridized carbons (Fsp3) is 0.125. The highest BCUT2D eigenvalue weighted by Gasteiger charge is 2.02. The molecular formula is C16H18N4O. The number of carbonyl (C=O) groups is 1. The van der Waals surface area contributed by atoms with Gasteiger partial charge in [-0.1, -0.05) is 12.1 Å². The first-order valence-corrected chi connectivity index (χ1v) is 6.52. The molecule has 21 heavy (non-hydrogen) atoms. The smallest absolute Gasteiger partial charge is 0.271 e. The van der Waals surface area contributed by atoms with E-state index >= 15 is 0 Å². The zero-order chi connectivity index (χ0) is 15.2. The van der Waals surface area contributed by atoms with Crippen LogP contribution in [0, 0.1) is 0 Å². The fourth-order valence-electron chi connectivity index (χ4n) is 1.72. The van der Waals surface area contributed by atoms with Gasteiger partial charge < -0.3 is 10.6 Å². The third-order valence-corrected chi connectivity index (χ3v) is 2.96. The Balaban J connectivity index is 1.95. The van der Waals surface area contributed by atoms with Crippen LogP contribution in [0.3, 0.4) is 0 Å². The zero-order valence-corrected chi connectivity index (χ0v) is 12.1. The first kappa shape index (κ1) is 14.6. The molecule has 0 saturated carbocycles. The van der Waals surface area contributed by atoms with Gasteiger partial charge in [0.15, 0.2) is 0 Å². The number of benzene rings is 2. The van der Waals surface area contributed by atoms with Crippen LogP contribution in [0.25, 0.3) is 0 Å². The fourth-order valence-corrected chi connectivity index (χ4v) is 1.72. The third kappa shape index (κ3) is 4.07. The molecule has 0 aliphatic heterocycles. The molecule has 0 unspecified atom stereocenters. The highest BCUT2D eigenvalue weighted by atomic mass is 16.2. The first-order chi connectivity index (χ1) is 10.1. The zero-order valence-electron chi connectivity index (χ0n) is 12.1. The number of nitrogen functional groups attached to an aromatic ring is 1. The van der Waals surface area contributed by atoms with Gasteiger partial charge in [-0.05, 0) is 42.0 Å². The van der Waals surface area contributed by atoms with Gasteiger partial charge in [0.25, 0.3) is 5.91 Å². The summed E-state index contributed by atoms with van der Waals surface area (Å²) < 4.78 is 0. The van der Waals surface area contributed by atoms with E-state index in [-0.39, 0.29) is 5.91 Å². The predicted octanol–water partition coefficient (Wildman–Crippen LogP) is 2.10. The molecule has 1 amide bonds. The molecule has 0 atom stereocenters. The number of hydrogen-bond acceptors (Lipinski definition) is 4. The van der Waals surface area contributed by atoms with Crippen LogP contribution in [0.1, 0.15) is 15.9 Å². The molecule has 0 heterocycles. The number of anilines is 2. The van der Waals surface area contributed by atoms with Crippen molar-refractivity contribution in [3.05, 3.63) is 59.7 Å². The second kappa shape index (κ2) is 6.56. The SMILES string of the molecule is CN(C)c1ccc(/C=N\NC(=O)c2ccc(N)cc2)cc1. The van der Waals surface area contributed by atoms with Gasteiger partial charge in [-0.15, -0.1) is 0 Å². The predicted molar refractivity (Wildman–Crippen MR) is 86.7 cm³/mol. The summed E-state index contributed by atoms with van der Waals surface area (Å²) in [6.07, 6.45) is 1.61. The highest BCUT2D eigenvalue weighted by Crippen LogP contribution is 2.10. The Morgan fingerprint density at radius 1 is 1.10 bits per heavy atom. The lowest BCUT2D eigenvalue weighted by molar-refractivity contribution is 0.0955. The van der Waals surface area contributed by atoms with Crippen molar-refractivity contribution in [1.82, 2.24) is 5.43 Å². The summed E-state index contributed by atoms with van der Waals surface area (Å²) in [6, 6.07) is 14.5. The van der Waals surface area contributed by atoms with Crippen molar-refractivity contribution in [3.63, 3.8) is 0 Å². The van der Waals surface area contributed by atoms with E-state index in [4.69, 9.17) is 5.73 Å². The number of nitrogens with two attached hydrogens (primary N) is 1. The molecule has 0 fully saturated rings. The van der Waals surface area contributed by atoms with E-state index in [9.17, 15) is 4.79 Å². The lowest BCUT2D eigenvalue weighted by Gasteiger charge is -2.11. The van der Waals surface area contributed by atoms with Gasteiger partial charge in [0, 0.05) is 31.0 Å². The molecule has 5 nitrogen and oxygen atoms in total. The maximum Gasteiger partial charge on any atom is 0.271 e. The molecule has 0 radical (unpaired) electrons. The molecule has 5 heteroatoms. The number of nitrogens with zero attached hydrogens (tertiary/aromatic N) is 2. The number of hydrazone groups is 1. The van der Waals surface area contributed by atoms with Crippen LogP contribution >= 0.6 is 0 Å². The van der Waals surface area contributed by atoms with Crippen LogP contribution in [-0.2, 0) is 0 Å². The number of nitrogens with one attached hydrogen (secondary N) is 1. The third-order valence-electron chi connectivity index (χ3n) is 2.96. The summed E-state index contributed by atoms with van der Waals surface area (Å²) in [7, 11) is 3.96. The van der Waals surface area contributed by atoms with Crippen LogP contribution < -0.4 is 16.1 Å².